The summed E-state index contributed by atoms with van der Waals surface area (Å²) in [4.78, 5) is 11.0. The summed E-state index contributed by atoms with van der Waals surface area (Å²) in [6.45, 7) is 3.89. The highest BCUT2D eigenvalue weighted by Crippen LogP contribution is 2.26. The molecule has 2 rings (SSSR count). The topological polar surface area (TPSA) is 49.8 Å². The Balaban J connectivity index is 2.08. The number of hydrogen-bond acceptors (Lipinski definition) is 3. The van der Waals surface area contributed by atoms with E-state index < -0.39 is 0 Å². The van der Waals surface area contributed by atoms with Crippen LogP contribution in [0.2, 0.25) is 0 Å². The smallest absolute Gasteiger partial charge is 0.243 e. The van der Waals surface area contributed by atoms with Gasteiger partial charge in [0.15, 0.2) is 0 Å². The zero-order valence-corrected chi connectivity index (χ0v) is 11.3. The first-order valence-corrected chi connectivity index (χ1v) is 6.50. The van der Waals surface area contributed by atoms with Crippen LogP contribution in [0.15, 0.2) is 24.3 Å². The van der Waals surface area contributed by atoms with E-state index in [9.17, 15) is 10.0 Å². The normalized spacial score (nSPS) is 15.7. The minimum atomic E-state index is -0.365. The number of ether oxygens (including phenoxy) is 1. The van der Waals surface area contributed by atoms with E-state index in [1.807, 2.05) is 18.2 Å². The molecule has 4 heteroatoms. The molecule has 1 amide bonds. The van der Waals surface area contributed by atoms with Crippen LogP contribution < -0.4 is 4.74 Å². The molecule has 0 aliphatic carbocycles. The van der Waals surface area contributed by atoms with Gasteiger partial charge in [0.25, 0.3) is 0 Å². The Morgan fingerprint density at radius 3 is 3.05 bits per heavy atom. The molecule has 1 unspecified atom stereocenters. The highest BCUT2D eigenvalue weighted by molar-refractivity contribution is 5.72. The Labute approximate surface area is 113 Å². The fraction of sp³-hybridized carbons (Fsp3) is 0.400. The lowest BCUT2D eigenvalue weighted by Crippen LogP contribution is -2.32. The van der Waals surface area contributed by atoms with E-state index in [4.69, 9.17) is 4.74 Å². The van der Waals surface area contributed by atoms with Crippen LogP contribution in [0.5, 0.6) is 5.75 Å². The molecule has 0 aromatic heterocycles. The lowest BCUT2D eigenvalue weighted by atomic mass is 10.0. The van der Waals surface area contributed by atoms with E-state index in [0.29, 0.717) is 0 Å². The quantitative estimate of drug-likeness (QED) is 0.672. The van der Waals surface area contributed by atoms with Crippen molar-refractivity contribution in [3.05, 3.63) is 35.4 Å². The summed E-state index contributed by atoms with van der Waals surface area (Å²) < 4.78 is 5.56. The van der Waals surface area contributed by atoms with E-state index in [0.717, 1.165) is 35.8 Å². The van der Waals surface area contributed by atoms with Crippen LogP contribution in [0, 0.1) is 0 Å². The second kappa shape index (κ2) is 5.89. The van der Waals surface area contributed by atoms with Gasteiger partial charge in [-0.05, 0) is 43.0 Å². The minimum Gasteiger partial charge on any atom is -0.493 e. The number of benzene rings is 1. The summed E-state index contributed by atoms with van der Waals surface area (Å²) in [5, 5.41) is 10.2. The van der Waals surface area contributed by atoms with Crippen LogP contribution in [-0.2, 0) is 11.2 Å². The van der Waals surface area contributed by atoms with Crippen molar-refractivity contribution in [2.24, 2.45) is 0 Å². The third-order valence-corrected chi connectivity index (χ3v) is 3.21. The van der Waals surface area contributed by atoms with Gasteiger partial charge in [-0.25, -0.2) is 5.06 Å². The molecule has 1 aromatic carbocycles. The first-order chi connectivity index (χ1) is 9.08. The van der Waals surface area contributed by atoms with E-state index >= 15 is 0 Å². The van der Waals surface area contributed by atoms with Gasteiger partial charge in [0.1, 0.15) is 5.75 Å². The fourth-order valence-electron chi connectivity index (χ4n) is 2.10. The molecule has 1 atom stereocenters. The molecule has 4 nitrogen and oxygen atoms in total. The van der Waals surface area contributed by atoms with Gasteiger partial charge in [-0.15, -0.1) is 0 Å². The number of amides is 1. The molecule has 0 spiro atoms. The SMILES string of the molecule is CC(=O)N(O)C(C)C=Cc1ccc2c(c1)CCCO2. The van der Waals surface area contributed by atoms with Gasteiger partial charge in [0.05, 0.1) is 12.6 Å². The molecular formula is C15H19NO3. The van der Waals surface area contributed by atoms with Crippen LogP contribution in [-0.4, -0.2) is 28.8 Å². The summed E-state index contributed by atoms with van der Waals surface area (Å²) >= 11 is 0. The number of rotatable bonds is 3. The van der Waals surface area contributed by atoms with Gasteiger partial charge in [0.2, 0.25) is 5.91 Å². The third kappa shape index (κ3) is 3.35. The average molecular weight is 261 g/mol. The number of carbonyl (C=O) groups excluding carboxylic acids is 1. The van der Waals surface area contributed by atoms with Crippen molar-refractivity contribution in [1.82, 2.24) is 5.06 Å². The van der Waals surface area contributed by atoms with Gasteiger partial charge in [-0.2, -0.15) is 0 Å². The van der Waals surface area contributed by atoms with Crippen LogP contribution >= 0.6 is 0 Å². The van der Waals surface area contributed by atoms with Crippen LogP contribution in [0.1, 0.15) is 31.4 Å². The molecule has 1 N–H and O–H groups in total. The Bertz CT molecular complexity index is 496. The predicted molar refractivity (Wildman–Crippen MR) is 73.1 cm³/mol. The predicted octanol–water partition coefficient (Wildman–Crippen LogP) is 2.65. The zero-order valence-electron chi connectivity index (χ0n) is 11.3. The molecule has 0 radical (unpaired) electrons. The Kier molecular flexibility index (Phi) is 4.22. The molecule has 0 bridgehead atoms. The summed E-state index contributed by atoms with van der Waals surface area (Å²) in [5.41, 5.74) is 2.27. The Hall–Kier alpha value is -1.81. The number of hydrogen-bond donors (Lipinski definition) is 1. The second-order valence-corrected chi connectivity index (χ2v) is 4.78. The zero-order chi connectivity index (χ0) is 13.8. The first-order valence-electron chi connectivity index (χ1n) is 6.50. The average Bonchev–Trinajstić information content (AvgIpc) is 2.43. The van der Waals surface area contributed by atoms with Gasteiger partial charge in [-0.3, -0.25) is 10.0 Å². The van der Waals surface area contributed by atoms with Crippen molar-refractivity contribution in [2.75, 3.05) is 6.61 Å². The van der Waals surface area contributed by atoms with E-state index in [-0.39, 0.29) is 11.9 Å². The van der Waals surface area contributed by atoms with E-state index in [1.165, 1.54) is 12.5 Å². The second-order valence-electron chi connectivity index (χ2n) is 4.78. The summed E-state index contributed by atoms with van der Waals surface area (Å²) in [5.74, 6) is 0.597. The maximum Gasteiger partial charge on any atom is 0.243 e. The molecule has 1 aliphatic heterocycles. The van der Waals surface area contributed by atoms with Crippen molar-refractivity contribution in [3.63, 3.8) is 0 Å². The van der Waals surface area contributed by atoms with Crippen molar-refractivity contribution in [1.29, 1.82) is 0 Å². The molecule has 0 saturated carbocycles. The maximum absolute atomic E-state index is 11.0. The van der Waals surface area contributed by atoms with Gasteiger partial charge >= 0.3 is 0 Å². The molecule has 102 valence electrons. The van der Waals surface area contributed by atoms with Crippen LogP contribution in [0.3, 0.4) is 0 Å². The molecule has 1 heterocycles. The van der Waals surface area contributed by atoms with E-state index in [1.54, 1.807) is 13.0 Å². The summed E-state index contributed by atoms with van der Waals surface area (Å²) in [6, 6.07) is 5.70. The van der Waals surface area contributed by atoms with Gasteiger partial charge in [-0.1, -0.05) is 18.2 Å². The number of fused-ring (bicyclic) bond motifs is 1. The molecule has 0 saturated heterocycles. The minimum absolute atomic E-state index is 0.343. The standard InChI is InChI=1S/C15H19NO3/c1-11(16(18)12(2)17)5-6-13-7-8-15-14(10-13)4-3-9-19-15/h5-8,10-11,18H,3-4,9H2,1-2H3. The molecule has 19 heavy (non-hydrogen) atoms. The maximum atomic E-state index is 11.0. The first kappa shape index (κ1) is 13.6. The number of aryl methyl sites for hydroxylation is 1. The number of carbonyl (C=O) groups is 1. The summed E-state index contributed by atoms with van der Waals surface area (Å²) in [6.07, 6.45) is 5.79. The van der Waals surface area contributed by atoms with Gasteiger partial charge in [0, 0.05) is 6.92 Å². The number of hydroxylamine groups is 2. The largest absolute Gasteiger partial charge is 0.493 e. The highest BCUT2D eigenvalue weighted by Gasteiger charge is 2.12. The van der Waals surface area contributed by atoms with Gasteiger partial charge < -0.3 is 4.74 Å². The fourth-order valence-corrected chi connectivity index (χ4v) is 2.10. The molecule has 1 aromatic rings. The molecule has 1 aliphatic rings. The lowest BCUT2D eigenvalue weighted by Gasteiger charge is -2.18. The van der Waals surface area contributed by atoms with Crippen LogP contribution in [0.4, 0.5) is 0 Å². The number of nitrogens with zero attached hydrogens (tertiary/aromatic N) is 1. The summed E-state index contributed by atoms with van der Waals surface area (Å²) in [7, 11) is 0. The Morgan fingerprint density at radius 1 is 1.53 bits per heavy atom. The molecular weight excluding hydrogens is 242 g/mol. The van der Waals surface area contributed by atoms with Crippen molar-refractivity contribution >= 4 is 12.0 Å². The third-order valence-electron chi connectivity index (χ3n) is 3.21. The monoisotopic (exact) mass is 261 g/mol. The van der Waals surface area contributed by atoms with E-state index in [2.05, 4.69) is 6.07 Å². The van der Waals surface area contributed by atoms with Crippen molar-refractivity contribution in [2.45, 2.75) is 32.7 Å². The highest BCUT2D eigenvalue weighted by atomic mass is 16.5. The van der Waals surface area contributed by atoms with Crippen molar-refractivity contribution < 1.29 is 14.7 Å². The molecule has 0 fully saturated rings. The lowest BCUT2D eigenvalue weighted by molar-refractivity contribution is -0.167. The Morgan fingerprint density at radius 2 is 2.32 bits per heavy atom. The van der Waals surface area contributed by atoms with Crippen molar-refractivity contribution in [3.8, 4) is 5.75 Å². The van der Waals surface area contributed by atoms with Crippen LogP contribution in [0.25, 0.3) is 6.08 Å².